The molecule has 49 heavy (non-hydrogen) atoms. The topological polar surface area (TPSA) is 99.2 Å². The van der Waals surface area contributed by atoms with Gasteiger partial charge in [-0.05, 0) is 69.7 Å². The van der Waals surface area contributed by atoms with Crippen molar-refractivity contribution in [1.82, 2.24) is 9.79 Å². The highest BCUT2D eigenvalue weighted by atomic mass is 31.2. The van der Waals surface area contributed by atoms with Crippen molar-refractivity contribution in [1.29, 1.82) is 0 Å². The van der Waals surface area contributed by atoms with Crippen molar-refractivity contribution in [2.45, 2.75) is 45.6 Å². The number of carbonyl (C=O) groups is 3. The van der Waals surface area contributed by atoms with E-state index in [0.29, 0.717) is 20.9 Å². The zero-order valence-corrected chi connectivity index (χ0v) is 28.8. The monoisotopic (exact) mass is 674 g/mol. The van der Waals surface area contributed by atoms with Crippen molar-refractivity contribution < 1.29 is 29.0 Å². The molecule has 0 heterocycles. The second kappa shape index (κ2) is 15.3. The van der Waals surface area contributed by atoms with E-state index in [1.54, 1.807) is 64.1 Å². The van der Waals surface area contributed by atoms with Crippen LogP contribution in [-0.4, -0.2) is 40.0 Å². The Labute approximate surface area is 287 Å². The zero-order valence-electron chi connectivity index (χ0n) is 27.9. The first kappa shape index (κ1) is 35.0. The summed E-state index contributed by atoms with van der Waals surface area (Å²) in [6.07, 6.45) is -3.57. The first-order valence-corrected chi connectivity index (χ1v) is 17.8. The van der Waals surface area contributed by atoms with Crippen LogP contribution in [0, 0.1) is 0 Å². The summed E-state index contributed by atoms with van der Waals surface area (Å²) in [5.41, 5.74) is -3.09. The van der Waals surface area contributed by atoms with E-state index in [-0.39, 0.29) is 11.1 Å². The molecule has 1 atom stereocenters. The van der Waals surface area contributed by atoms with Gasteiger partial charge in [0, 0.05) is 5.56 Å². The van der Waals surface area contributed by atoms with Gasteiger partial charge in [0.15, 0.2) is 5.78 Å². The van der Waals surface area contributed by atoms with E-state index in [1.807, 2.05) is 91.0 Å². The van der Waals surface area contributed by atoms with Gasteiger partial charge in [-0.3, -0.25) is 4.79 Å². The van der Waals surface area contributed by atoms with Crippen molar-refractivity contribution in [2.24, 2.45) is 0 Å². The zero-order chi connectivity index (χ0) is 35.0. The average molecular weight is 675 g/mol. The van der Waals surface area contributed by atoms with Gasteiger partial charge in [-0.15, -0.1) is 0 Å². The Hall–Kier alpha value is -5.30. The minimum atomic E-state index is -3.65. The molecule has 0 radical (unpaired) electrons. The lowest BCUT2D eigenvalue weighted by Gasteiger charge is -2.52. The summed E-state index contributed by atoms with van der Waals surface area (Å²) in [6, 6.07) is 43.5. The van der Waals surface area contributed by atoms with Crippen LogP contribution in [0.1, 0.15) is 43.6 Å². The number of ether oxygens (including phenoxy) is 2. The molecule has 0 aliphatic rings. The molecule has 2 amide bonds. The fourth-order valence-electron chi connectivity index (χ4n) is 5.68. The van der Waals surface area contributed by atoms with E-state index in [2.05, 4.69) is 0 Å². The van der Waals surface area contributed by atoms with E-state index < -0.39 is 43.3 Å². The van der Waals surface area contributed by atoms with Crippen LogP contribution < -0.4 is 21.0 Å². The highest BCUT2D eigenvalue weighted by Gasteiger charge is 2.62. The third kappa shape index (κ3) is 6.98. The van der Waals surface area contributed by atoms with Gasteiger partial charge >= 0.3 is 12.2 Å². The quantitative estimate of drug-likeness (QED) is 0.0717. The molecular formula is C40H39N2O6P. The van der Waals surface area contributed by atoms with E-state index in [4.69, 9.17) is 9.47 Å². The van der Waals surface area contributed by atoms with Crippen LogP contribution in [0.2, 0.25) is 0 Å². The summed E-state index contributed by atoms with van der Waals surface area (Å²) >= 11 is 0. The van der Waals surface area contributed by atoms with E-state index in [0.717, 1.165) is 4.78 Å². The Bertz CT molecular complexity index is 1740. The lowest BCUT2D eigenvalue weighted by molar-refractivity contribution is -0.508. The van der Waals surface area contributed by atoms with Crippen molar-refractivity contribution in [3.8, 4) is 0 Å². The summed E-state index contributed by atoms with van der Waals surface area (Å²) < 4.78 is 12.9. The molecule has 8 nitrogen and oxygen atoms in total. The maximum atomic E-state index is 16.1. The molecule has 1 unspecified atom stereocenters. The Morgan fingerprint density at radius 1 is 0.551 bits per heavy atom. The molecule has 250 valence electrons. The third-order valence-corrected chi connectivity index (χ3v) is 11.7. The molecule has 0 bridgehead atoms. The van der Waals surface area contributed by atoms with Crippen molar-refractivity contribution in [3.63, 3.8) is 0 Å². The highest BCUT2D eigenvalue weighted by Crippen LogP contribution is 2.61. The van der Waals surface area contributed by atoms with Crippen molar-refractivity contribution in [3.05, 3.63) is 163 Å². The maximum Gasteiger partial charge on any atom is 0.463 e. The second-order valence-electron chi connectivity index (χ2n) is 11.8. The average Bonchev–Trinajstić information content (AvgIpc) is 3.12. The SMILES string of the molecule is CC(C)OC(=O)N(N(C(=O)OC(C)C)[P+](c1ccccc1)(c1ccccc1)c1ccccc1)C([O-])(C(=O)c1ccccc1)c1ccccc1. The van der Waals surface area contributed by atoms with Crippen molar-refractivity contribution in [2.75, 3.05) is 0 Å². The maximum absolute atomic E-state index is 16.1. The van der Waals surface area contributed by atoms with Gasteiger partial charge in [0.1, 0.15) is 15.9 Å². The molecule has 0 aromatic heterocycles. The highest BCUT2D eigenvalue weighted by molar-refractivity contribution is 7.94. The van der Waals surface area contributed by atoms with Gasteiger partial charge in [-0.1, -0.05) is 120 Å². The van der Waals surface area contributed by atoms with Crippen LogP contribution in [0.3, 0.4) is 0 Å². The van der Waals surface area contributed by atoms with Crippen LogP contribution in [0.4, 0.5) is 9.59 Å². The Morgan fingerprint density at radius 3 is 1.29 bits per heavy atom. The van der Waals surface area contributed by atoms with Gasteiger partial charge in [0.05, 0.1) is 17.9 Å². The van der Waals surface area contributed by atoms with Crippen molar-refractivity contribution >= 4 is 41.3 Å². The van der Waals surface area contributed by atoms with E-state index in [1.165, 1.54) is 24.3 Å². The molecule has 0 saturated carbocycles. The molecule has 0 aliphatic heterocycles. The van der Waals surface area contributed by atoms with Crippen LogP contribution >= 0.6 is 7.41 Å². The molecule has 9 heteroatoms. The van der Waals surface area contributed by atoms with Crippen LogP contribution in [0.5, 0.6) is 0 Å². The number of nitrogens with zero attached hydrogens (tertiary/aromatic N) is 2. The molecule has 0 N–H and O–H groups in total. The second-order valence-corrected chi connectivity index (χ2v) is 15.0. The number of hydrogen-bond donors (Lipinski definition) is 0. The summed E-state index contributed by atoms with van der Waals surface area (Å²) in [5.74, 6) is -0.963. The fourth-order valence-corrected chi connectivity index (χ4v) is 9.80. The number of carbonyl (C=O) groups excluding carboxylic acids is 3. The molecule has 0 fully saturated rings. The van der Waals surface area contributed by atoms with Gasteiger partial charge in [0.2, 0.25) is 7.41 Å². The summed E-state index contributed by atoms with van der Waals surface area (Å²) in [5, 5.41) is 18.7. The molecule has 0 spiro atoms. The Kier molecular flexibility index (Phi) is 10.9. The fraction of sp³-hybridized carbons (Fsp3) is 0.175. The molecule has 5 aromatic rings. The normalized spacial score (nSPS) is 12.6. The number of Topliss-reactive ketones (excluding diaryl/α,β-unsaturated/α-hetero) is 1. The van der Waals surface area contributed by atoms with Gasteiger partial charge in [-0.25, -0.2) is 9.59 Å². The predicted molar refractivity (Wildman–Crippen MR) is 191 cm³/mol. The molecule has 5 rings (SSSR count). The predicted octanol–water partition coefficient (Wildman–Crippen LogP) is 6.60. The molecule has 0 aliphatic carbocycles. The van der Waals surface area contributed by atoms with Gasteiger partial charge in [0.25, 0.3) is 0 Å². The van der Waals surface area contributed by atoms with Gasteiger partial charge in [-0.2, -0.15) is 5.01 Å². The number of ketones is 1. The van der Waals surface area contributed by atoms with Crippen LogP contribution in [0.25, 0.3) is 0 Å². The lowest BCUT2D eigenvalue weighted by atomic mass is 9.93. The van der Waals surface area contributed by atoms with Gasteiger partial charge < -0.3 is 14.6 Å². The number of hydrogen-bond acceptors (Lipinski definition) is 6. The van der Waals surface area contributed by atoms with E-state index in [9.17, 15) is 9.59 Å². The standard InChI is InChI=1S/C40H39N2O6P/c1-30(2)47-38(44)41(40(46,33-22-12-6-13-23-33)37(43)32-20-10-5-11-21-32)42(39(45)48-31(3)4)49(34-24-14-7-15-25-34,35-26-16-8-17-27-35)36-28-18-9-19-29-36/h5-31H,1-4H3. The number of rotatable bonds is 10. The smallest absolute Gasteiger partial charge is 0.463 e. The number of amides is 2. The summed E-state index contributed by atoms with van der Waals surface area (Å²) in [6.45, 7) is 6.62. The van der Waals surface area contributed by atoms with Crippen LogP contribution in [0.15, 0.2) is 152 Å². The van der Waals surface area contributed by atoms with Crippen LogP contribution in [-0.2, 0) is 15.2 Å². The molecular weight excluding hydrogens is 635 g/mol. The Balaban J connectivity index is 2.00. The summed E-state index contributed by atoms with van der Waals surface area (Å²) in [7, 11) is -3.65. The molecule has 5 aromatic carbocycles. The summed E-state index contributed by atoms with van der Waals surface area (Å²) in [4.78, 5) is 44.7. The molecule has 0 saturated heterocycles. The largest absolute Gasteiger partial charge is 0.822 e. The third-order valence-electron chi connectivity index (χ3n) is 7.68. The lowest BCUT2D eigenvalue weighted by Crippen LogP contribution is -2.70. The number of hydrazine groups is 1. The minimum Gasteiger partial charge on any atom is -0.822 e. The minimum absolute atomic E-state index is 0.0453. The first-order valence-electron chi connectivity index (χ1n) is 16.1. The Morgan fingerprint density at radius 2 is 0.898 bits per heavy atom. The number of benzene rings is 5. The van der Waals surface area contributed by atoms with E-state index >= 15 is 9.90 Å². The first-order chi connectivity index (χ1) is 23.6.